The molecule has 1 amide bonds. The van der Waals surface area contributed by atoms with E-state index in [-0.39, 0.29) is 5.69 Å². The average molecular weight is 484 g/mol. The van der Waals surface area contributed by atoms with Crippen molar-refractivity contribution in [3.8, 4) is 0 Å². The summed E-state index contributed by atoms with van der Waals surface area (Å²) < 4.78 is 25.9. The summed E-state index contributed by atoms with van der Waals surface area (Å²) in [4.78, 5) is 15.2. The fraction of sp³-hybridized carbons (Fsp3) is 0.409. The third-order valence-electron chi connectivity index (χ3n) is 5.25. The molecule has 1 N–H and O–H groups in total. The molecule has 1 saturated heterocycles. The Labute approximate surface area is 194 Å². The Morgan fingerprint density at radius 2 is 1.71 bits per heavy atom. The topological polar surface area (TPSA) is 69.7 Å². The number of halogens is 2. The summed E-state index contributed by atoms with van der Waals surface area (Å²) in [6.45, 7) is 4.98. The molecule has 168 valence electrons. The van der Waals surface area contributed by atoms with Gasteiger partial charge in [0, 0.05) is 23.1 Å². The van der Waals surface area contributed by atoms with Gasteiger partial charge in [0.2, 0.25) is 15.9 Å². The van der Waals surface area contributed by atoms with Crippen LogP contribution in [0.1, 0.15) is 30.9 Å². The minimum Gasteiger partial charge on any atom is -0.350 e. The normalized spacial score (nSPS) is 15.6. The van der Waals surface area contributed by atoms with E-state index in [1.165, 1.54) is 43.5 Å². The third-order valence-corrected chi connectivity index (χ3v) is 6.93. The van der Waals surface area contributed by atoms with Gasteiger partial charge in [-0.3, -0.25) is 14.0 Å². The van der Waals surface area contributed by atoms with Gasteiger partial charge < -0.3 is 5.32 Å². The predicted molar refractivity (Wildman–Crippen MR) is 126 cm³/mol. The number of amides is 1. The lowest BCUT2D eigenvalue weighted by atomic mass is 10.1. The van der Waals surface area contributed by atoms with Crippen molar-refractivity contribution < 1.29 is 13.2 Å². The number of anilines is 1. The molecule has 3 rings (SSSR count). The second kappa shape index (κ2) is 10.2. The number of carbonyl (C=O) groups is 1. The molecular weight excluding hydrogens is 457 g/mol. The van der Waals surface area contributed by atoms with E-state index < -0.39 is 22.0 Å². The first-order valence-electron chi connectivity index (χ1n) is 10.2. The lowest BCUT2D eigenvalue weighted by Gasteiger charge is -2.28. The van der Waals surface area contributed by atoms with E-state index in [1.807, 2.05) is 12.1 Å². The van der Waals surface area contributed by atoms with Gasteiger partial charge in [-0.2, -0.15) is 0 Å². The first-order valence-corrected chi connectivity index (χ1v) is 12.8. The predicted octanol–water partition coefficient (Wildman–Crippen LogP) is 4.06. The molecule has 6 nitrogen and oxygen atoms in total. The van der Waals surface area contributed by atoms with Gasteiger partial charge in [-0.25, -0.2) is 8.42 Å². The molecule has 1 aliphatic heterocycles. The SMILES string of the molecule is CC(C(=O)NCc1cccc(CN2CCCC2)c1)N(c1cc(Cl)cc(Cl)c1)S(C)(=O)=O. The summed E-state index contributed by atoms with van der Waals surface area (Å²) in [6.07, 6.45) is 3.53. The molecule has 1 aliphatic rings. The van der Waals surface area contributed by atoms with Crippen LogP contribution in [0.15, 0.2) is 42.5 Å². The van der Waals surface area contributed by atoms with E-state index in [9.17, 15) is 13.2 Å². The minimum absolute atomic E-state index is 0.246. The number of sulfonamides is 1. The molecule has 9 heteroatoms. The highest BCUT2D eigenvalue weighted by molar-refractivity contribution is 7.92. The summed E-state index contributed by atoms with van der Waals surface area (Å²) in [5, 5.41) is 3.43. The van der Waals surface area contributed by atoms with Gasteiger partial charge in [-0.15, -0.1) is 0 Å². The number of rotatable bonds is 8. The Bertz CT molecular complexity index is 1020. The molecule has 0 spiro atoms. The molecule has 0 bridgehead atoms. The molecule has 0 saturated carbocycles. The summed E-state index contributed by atoms with van der Waals surface area (Å²) in [6, 6.07) is 11.6. The second-order valence-electron chi connectivity index (χ2n) is 7.88. The first kappa shape index (κ1) is 23.9. The minimum atomic E-state index is -3.75. The highest BCUT2D eigenvalue weighted by Crippen LogP contribution is 2.28. The van der Waals surface area contributed by atoms with Crippen molar-refractivity contribution in [3.05, 3.63) is 63.6 Å². The lowest BCUT2D eigenvalue weighted by Crippen LogP contribution is -2.47. The zero-order chi connectivity index (χ0) is 22.6. The zero-order valence-corrected chi connectivity index (χ0v) is 20.0. The van der Waals surface area contributed by atoms with Gasteiger partial charge in [0.05, 0.1) is 11.9 Å². The molecule has 2 aromatic rings. The number of nitrogens with zero attached hydrogens (tertiary/aromatic N) is 2. The summed E-state index contributed by atoms with van der Waals surface area (Å²) in [7, 11) is -3.75. The molecule has 31 heavy (non-hydrogen) atoms. The van der Waals surface area contributed by atoms with Crippen molar-refractivity contribution in [2.45, 2.75) is 38.9 Å². The number of nitrogens with one attached hydrogen (secondary N) is 1. The average Bonchev–Trinajstić information content (AvgIpc) is 3.17. The van der Waals surface area contributed by atoms with E-state index in [1.54, 1.807) is 0 Å². The maximum Gasteiger partial charge on any atom is 0.243 e. The van der Waals surface area contributed by atoms with Crippen molar-refractivity contribution >= 4 is 44.8 Å². The Morgan fingerprint density at radius 1 is 1.10 bits per heavy atom. The summed E-state index contributed by atoms with van der Waals surface area (Å²) in [5.74, 6) is -0.411. The van der Waals surface area contributed by atoms with Crippen LogP contribution in [0.4, 0.5) is 5.69 Å². The fourth-order valence-electron chi connectivity index (χ4n) is 3.85. The number of hydrogen-bond donors (Lipinski definition) is 1. The Hall–Kier alpha value is -1.80. The van der Waals surface area contributed by atoms with Crippen molar-refractivity contribution in [1.82, 2.24) is 10.2 Å². The zero-order valence-electron chi connectivity index (χ0n) is 17.6. The standard InChI is InChI=1S/C22H27Cl2N3O3S/c1-16(27(31(2,29)30)21-12-19(23)11-20(24)13-21)22(28)25-14-17-6-5-7-18(10-17)15-26-8-3-4-9-26/h5-7,10-13,16H,3-4,8-9,14-15H2,1-2H3,(H,25,28). The Kier molecular flexibility index (Phi) is 7.86. The fourth-order valence-corrected chi connectivity index (χ4v) is 5.52. The molecule has 0 aromatic heterocycles. The van der Waals surface area contributed by atoms with Gasteiger partial charge in [-0.05, 0) is 62.2 Å². The van der Waals surface area contributed by atoms with Gasteiger partial charge in [-0.1, -0.05) is 47.5 Å². The lowest BCUT2D eigenvalue weighted by molar-refractivity contribution is -0.122. The van der Waals surface area contributed by atoms with Crippen molar-refractivity contribution in [2.75, 3.05) is 23.7 Å². The second-order valence-corrected chi connectivity index (χ2v) is 10.6. The van der Waals surface area contributed by atoms with Gasteiger partial charge >= 0.3 is 0 Å². The Morgan fingerprint density at radius 3 is 2.32 bits per heavy atom. The van der Waals surface area contributed by atoms with Crippen molar-refractivity contribution in [3.63, 3.8) is 0 Å². The van der Waals surface area contributed by atoms with Crippen LogP contribution in [0.3, 0.4) is 0 Å². The van der Waals surface area contributed by atoms with Crippen LogP contribution >= 0.6 is 23.2 Å². The monoisotopic (exact) mass is 483 g/mol. The smallest absolute Gasteiger partial charge is 0.243 e. The van der Waals surface area contributed by atoms with Crippen LogP contribution in [0, 0.1) is 0 Å². The summed E-state index contributed by atoms with van der Waals surface area (Å²) >= 11 is 12.1. The van der Waals surface area contributed by atoms with Gasteiger partial charge in [0.15, 0.2) is 0 Å². The van der Waals surface area contributed by atoms with E-state index in [4.69, 9.17) is 23.2 Å². The maximum absolute atomic E-state index is 12.8. The van der Waals surface area contributed by atoms with Crippen LogP contribution in [0.5, 0.6) is 0 Å². The van der Waals surface area contributed by atoms with Crippen LogP contribution in [0.25, 0.3) is 0 Å². The molecule has 0 aliphatic carbocycles. The van der Waals surface area contributed by atoms with E-state index in [0.717, 1.165) is 35.8 Å². The van der Waals surface area contributed by atoms with Crippen LogP contribution in [-0.4, -0.2) is 44.6 Å². The van der Waals surface area contributed by atoms with Crippen LogP contribution in [-0.2, 0) is 27.9 Å². The molecule has 1 heterocycles. The highest BCUT2D eigenvalue weighted by Gasteiger charge is 2.29. The molecule has 1 unspecified atom stereocenters. The third kappa shape index (κ3) is 6.59. The number of likely N-dealkylation sites (tertiary alicyclic amines) is 1. The number of carbonyl (C=O) groups excluding carboxylic acids is 1. The van der Waals surface area contributed by atoms with Crippen LogP contribution < -0.4 is 9.62 Å². The Balaban J connectivity index is 1.69. The first-order chi connectivity index (χ1) is 14.6. The molecular formula is C22H27Cl2N3O3S. The highest BCUT2D eigenvalue weighted by atomic mass is 35.5. The quantitative estimate of drug-likeness (QED) is 0.614. The van der Waals surface area contributed by atoms with Crippen LogP contribution in [0.2, 0.25) is 10.0 Å². The van der Waals surface area contributed by atoms with E-state index >= 15 is 0 Å². The molecule has 1 atom stereocenters. The van der Waals surface area contributed by atoms with Crippen molar-refractivity contribution in [2.24, 2.45) is 0 Å². The molecule has 1 fully saturated rings. The van der Waals surface area contributed by atoms with Gasteiger partial charge in [0.25, 0.3) is 0 Å². The molecule has 2 aromatic carbocycles. The largest absolute Gasteiger partial charge is 0.350 e. The van der Waals surface area contributed by atoms with Crippen molar-refractivity contribution in [1.29, 1.82) is 0 Å². The number of benzene rings is 2. The molecule has 0 radical (unpaired) electrons. The summed E-state index contributed by atoms with van der Waals surface area (Å²) in [5.41, 5.74) is 2.41. The van der Waals surface area contributed by atoms with E-state index in [2.05, 4.69) is 22.3 Å². The number of hydrogen-bond acceptors (Lipinski definition) is 4. The maximum atomic E-state index is 12.8. The van der Waals surface area contributed by atoms with Gasteiger partial charge in [0.1, 0.15) is 6.04 Å². The van der Waals surface area contributed by atoms with E-state index in [0.29, 0.717) is 16.6 Å².